The van der Waals surface area contributed by atoms with Gasteiger partial charge in [-0.15, -0.1) is 0 Å². The Balaban J connectivity index is 2.12. The smallest absolute Gasteiger partial charge is 0.218 e. The highest BCUT2D eigenvalue weighted by molar-refractivity contribution is 5.28. The van der Waals surface area contributed by atoms with Gasteiger partial charge in [0.25, 0.3) is 0 Å². The Bertz CT molecular complexity index is 322. The van der Waals surface area contributed by atoms with Gasteiger partial charge in [0.15, 0.2) is 0 Å². The number of pyridine rings is 1. The summed E-state index contributed by atoms with van der Waals surface area (Å²) in [7, 11) is 0. The Morgan fingerprint density at radius 3 is 3.20 bits per heavy atom. The minimum absolute atomic E-state index is 0.0592. The molecule has 0 aliphatic carbocycles. The molecule has 1 aromatic heterocycles. The first-order valence-electron chi connectivity index (χ1n) is 5.22. The van der Waals surface area contributed by atoms with Gasteiger partial charge in [0.05, 0.1) is 13.2 Å². The third kappa shape index (κ3) is 2.46. The van der Waals surface area contributed by atoms with Crippen LogP contribution in [-0.2, 0) is 4.74 Å². The van der Waals surface area contributed by atoms with Crippen LogP contribution in [0.1, 0.15) is 24.9 Å². The molecule has 0 spiro atoms. The number of hydrogen-bond donors (Lipinski definition) is 1. The van der Waals surface area contributed by atoms with E-state index in [4.69, 9.17) is 15.2 Å². The average Bonchev–Trinajstić information content (AvgIpc) is 2.71. The van der Waals surface area contributed by atoms with E-state index in [-0.39, 0.29) is 12.1 Å². The Kier molecular flexibility index (Phi) is 3.18. The fourth-order valence-electron chi connectivity index (χ4n) is 1.61. The van der Waals surface area contributed by atoms with Crippen LogP contribution in [0.2, 0.25) is 0 Å². The Labute approximate surface area is 89.4 Å². The van der Waals surface area contributed by atoms with Crippen LogP contribution in [0.15, 0.2) is 18.3 Å². The lowest BCUT2D eigenvalue weighted by Crippen LogP contribution is -2.19. The summed E-state index contributed by atoms with van der Waals surface area (Å²) in [6.07, 6.45) is 2.77. The van der Waals surface area contributed by atoms with Crippen LogP contribution in [0.3, 0.4) is 0 Å². The summed E-state index contributed by atoms with van der Waals surface area (Å²) in [4.78, 5) is 4.21. The molecule has 0 amide bonds. The zero-order valence-corrected chi connectivity index (χ0v) is 8.85. The Morgan fingerprint density at radius 1 is 1.67 bits per heavy atom. The van der Waals surface area contributed by atoms with E-state index in [1.54, 1.807) is 6.20 Å². The van der Waals surface area contributed by atoms with E-state index in [0.29, 0.717) is 12.5 Å². The molecule has 4 heteroatoms. The minimum Gasteiger partial charge on any atom is -0.472 e. The topological polar surface area (TPSA) is 57.4 Å². The number of aromatic nitrogens is 1. The monoisotopic (exact) mass is 208 g/mol. The molecule has 0 bridgehead atoms. The van der Waals surface area contributed by atoms with Gasteiger partial charge < -0.3 is 15.2 Å². The van der Waals surface area contributed by atoms with Crippen molar-refractivity contribution in [2.75, 3.05) is 13.2 Å². The highest BCUT2D eigenvalue weighted by Gasteiger charge is 2.19. The molecule has 2 unspecified atom stereocenters. The van der Waals surface area contributed by atoms with Gasteiger partial charge in [-0.05, 0) is 13.0 Å². The molecule has 2 heterocycles. The first kappa shape index (κ1) is 10.4. The average molecular weight is 208 g/mol. The maximum absolute atomic E-state index is 5.84. The van der Waals surface area contributed by atoms with Crippen LogP contribution < -0.4 is 10.5 Å². The maximum Gasteiger partial charge on any atom is 0.218 e. The van der Waals surface area contributed by atoms with E-state index >= 15 is 0 Å². The Hall–Kier alpha value is -1.13. The van der Waals surface area contributed by atoms with E-state index in [1.165, 1.54) is 0 Å². The molecule has 1 aliphatic heterocycles. The van der Waals surface area contributed by atoms with Crippen molar-refractivity contribution in [2.45, 2.75) is 25.5 Å². The number of ether oxygens (including phenoxy) is 2. The van der Waals surface area contributed by atoms with Crippen molar-refractivity contribution in [1.82, 2.24) is 4.98 Å². The van der Waals surface area contributed by atoms with Gasteiger partial charge in [0, 0.05) is 24.2 Å². The molecule has 2 atom stereocenters. The third-order valence-electron chi connectivity index (χ3n) is 2.46. The molecule has 82 valence electrons. The zero-order valence-electron chi connectivity index (χ0n) is 8.85. The van der Waals surface area contributed by atoms with E-state index in [2.05, 4.69) is 4.98 Å². The molecular weight excluding hydrogens is 192 g/mol. The van der Waals surface area contributed by atoms with Gasteiger partial charge >= 0.3 is 0 Å². The van der Waals surface area contributed by atoms with Gasteiger partial charge in [0.1, 0.15) is 6.10 Å². The summed E-state index contributed by atoms with van der Waals surface area (Å²) >= 11 is 0. The lowest BCUT2D eigenvalue weighted by Gasteiger charge is -2.15. The van der Waals surface area contributed by atoms with E-state index in [1.807, 2.05) is 19.1 Å². The van der Waals surface area contributed by atoms with E-state index < -0.39 is 0 Å². The van der Waals surface area contributed by atoms with Gasteiger partial charge in [-0.25, -0.2) is 4.98 Å². The first-order chi connectivity index (χ1) is 7.27. The molecule has 0 saturated carbocycles. The van der Waals surface area contributed by atoms with Crippen molar-refractivity contribution in [3.63, 3.8) is 0 Å². The fraction of sp³-hybridized carbons (Fsp3) is 0.545. The van der Waals surface area contributed by atoms with Crippen molar-refractivity contribution < 1.29 is 9.47 Å². The van der Waals surface area contributed by atoms with Gasteiger partial charge in [-0.1, -0.05) is 6.07 Å². The SMILES string of the molecule is CC(N)c1cccnc1OC1CCOC1. The quantitative estimate of drug-likeness (QED) is 0.812. The van der Waals surface area contributed by atoms with Crippen molar-refractivity contribution in [3.05, 3.63) is 23.9 Å². The van der Waals surface area contributed by atoms with Crippen LogP contribution in [0.4, 0.5) is 0 Å². The van der Waals surface area contributed by atoms with Crippen molar-refractivity contribution in [1.29, 1.82) is 0 Å². The van der Waals surface area contributed by atoms with Gasteiger partial charge in [-0.2, -0.15) is 0 Å². The number of nitrogens with zero attached hydrogens (tertiary/aromatic N) is 1. The molecule has 1 fully saturated rings. The summed E-state index contributed by atoms with van der Waals surface area (Å²) in [5.41, 5.74) is 6.79. The minimum atomic E-state index is -0.0592. The molecule has 1 aliphatic rings. The summed E-state index contributed by atoms with van der Waals surface area (Å²) in [6, 6.07) is 3.76. The third-order valence-corrected chi connectivity index (χ3v) is 2.46. The number of rotatable bonds is 3. The fourth-order valence-corrected chi connectivity index (χ4v) is 1.61. The summed E-state index contributed by atoms with van der Waals surface area (Å²) in [5, 5.41) is 0. The highest BCUT2D eigenvalue weighted by atomic mass is 16.5. The molecule has 15 heavy (non-hydrogen) atoms. The molecule has 4 nitrogen and oxygen atoms in total. The van der Waals surface area contributed by atoms with Crippen LogP contribution >= 0.6 is 0 Å². The second-order valence-corrected chi connectivity index (χ2v) is 3.79. The van der Waals surface area contributed by atoms with Crippen LogP contribution in [-0.4, -0.2) is 24.3 Å². The molecule has 0 radical (unpaired) electrons. The number of hydrogen-bond acceptors (Lipinski definition) is 4. The second kappa shape index (κ2) is 4.59. The predicted molar refractivity (Wildman–Crippen MR) is 56.7 cm³/mol. The molecule has 2 rings (SSSR count). The van der Waals surface area contributed by atoms with Crippen LogP contribution in [0.25, 0.3) is 0 Å². The normalized spacial score (nSPS) is 22.7. The second-order valence-electron chi connectivity index (χ2n) is 3.79. The summed E-state index contributed by atoms with van der Waals surface area (Å²) in [5.74, 6) is 0.642. The van der Waals surface area contributed by atoms with Crippen molar-refractivity contribution in [3.8, 4) is 5.88 Å². The number of nitrogens with two attached hydrogens (primary N) is 1. The molecule has 1 saturated heterocycles. The molecule has 1 aromatic rings. The molecule has 0 aromatic carbocycles. The molecule has 2 N–H and O–H groups in total. The predicted octanol–water partition coefficient (Wildman–Crippen LogP) is 1.27. The molecular formula is C11H16N2O2. The summed E-state index contributed by atoms with van der Waals surface area (Å²) in [6.45, 7) is 3.34. The lowest BCUT2D eigenvalue weighted by molar-refractivity contribution is 0.137. The first-order valence-corrected chi connectivity index (χ1v) is 5.22. The van der Waals surface area contributed by atoms with Crippen molar-refractivity contribution >= 4 is 0 Å². The standard InChI is InChI=1S/C11H16N2O2/c1-8(12)10-3-2-5-13-11(10)15-9-4-6-14-7-9/h2-3,5,8-9H,4,6-7,12H2,1H3. The zero-order chi connectivity index (χ0) is 10.7. The highest BCUT2D eigenvalue weighted by Crippen LogP contribution is 2.23. The van der Waals surface area contributed by atoms with Gasteiger partial charge in [-0.3, -0.25) is 0 Å². The van der Waals surface area contributed by atoms with E-state index in [0.717, 1.165) is 18.6 Å². The van der Waals surface area contributed by atoms with E-state index in [9.17, 15) is 0 Å². The lowest BCUT2D eigenvalue weighted by atomic mass is 10.1. The maximum atomic E-state index is 5.84. The van der Waals surface area contributed by atoms with Gasteiger partial charge in [0.2, 0.25) is 5.88 Å². The largest absolute Gasteiger partial charge is 0.472 e. The van der Waals surface area contributed by atoms with Crippen molar-refractivity contribution in [2.24, 2.45) is 5.73 Å². The van der Waals surface area contributed by atoms with Crippen LogP contribution in [0.5, 0.6) is 5.88 Å². The van der Waals surface area contributed by atoms with Crippen LogP contribution in [0, 0.1) is 0 Å². The Morgan fingerprint density at radius 2 is 2.53 bits per heavy atom. The summed E-state index contributed by atoms with van der Waals surface area (Å²) < 4.78 is 11.0.